The number of halogens is 1. The highest BCUT2D eigenvalue weighted by molar-refractivity contribution is 5.82. The van der Waals surface area contributed by atoms with Crippen molar-refractivity contribution in [1.82, 2.24) is 10.2 Å². The molecule has 116 valence electrons. The first-order valence-electron chi connectivity index (χ1n) is 7.11. The summed E-state index contributed by atoms with van der Waals surface area (Å²) in [7, 11) is 1.74. The number of nitrogens with one attached hydrogen (secondary N) is 1. The summed E-state index contributed by atoms with van der Waals surface area (Å²) in [4.78, 5) is 13.7. The van der Waals surface area contributed by atoms with E-state index in [1.54, 1.807) is 24.1 Å². The van der Waals surface area contributed by atoms with Gasteiger partial charge in [0.2, 0.25) is 5.91 Å². The van der Waals surface area contributed by atoms with Gasteiger partial charge in [-0.15, -0.1) is 0 Å². The molecule has 1 aromatic carbocycles. The Morgan fingerprint density at radius 1 is 1.48 bits per heavy atom. The van der Waals surface area contributed by atoms with Crippen LogP contribution in [-0.2, 0) is 4.79 Å². The number of β-amino-alcohol motifs (C(OH)–C–C–N with tert-alkyl or cyclic N) is 1. The van der Waals surface area contributed by atoms with Crippen LogP contribution in [0, 0.1) is 5.82 Å². The van der Waals surface area contributed by atoms with Crippen LogP contribution in [0.4, 0.5) is 4.39 Å². The van der Waals surface area contributed by atoms with Crippen molar-refractivity contribution in [3.63, 3.8) is 0 Å². The molecular formula is C15H21FN2O3. The summed E-state index contributed by atoms with van der Waals surface area (Å²) in [5.41, 5.74) is 0. The van der Waals surface area contributed by atoms with Gasteiger partial charge in [-0.25, -0.2) is 4.39 Å². The normalized spacial score (nSPS) is 21.3. The van der Waals surface area contributed by atoms with E-state index in [1.165, 1.54) is 12.1 Å². The van der Waals surface area contributed by atoms with Crippen LogP contribution in [0.15, 0.2) is 24.3 Å². The molecule has 0 bridgehead atoms. The van der Waals surface area contributed by atoms with Crippen LogP contribution in [0.2, 0.25) is 0 Å². The van der Waals surface area contributed by atoms with Gasteiger partial charge in [0.1, 0.15) is 11.6 Å². The third-order valence-electron chi connectivity index (χ3n) is 3.50. The van der Waals surface area contributed by atoms with Crippen LogP contribution in [0.5, 0.6) is 5.75 Å². The van der Waals surface area contributed by atoms with Crippen molar-refractivity contribution in [2.75, 3.05) is 26.7 Å². The van der Waals surface area contributed by atoms with E-state index >= 15 is 0 Å². The van der Waals surface area contributed by atoms with Crippen LogP contribution in [0.25, 0.3) is 0 Å². The van der Waals surface area contributed by atoms with Crippen molar-refractivity contribution in [2.24, 2.45) is 0 Å². The highest BCUT2D eigenvalue weighted by atomic mass is 19.1. The van der Waals surface area contributed by atoms with Crippen molar-refractivity contribution >= 4 is 5.91 Å². The van der Waals surface area contributed by atoms with Gasteiger partial charge in [0.05, 0.1) is 18.8 Å². The predicted octanol–water partition coefficient (Wildman–Crippen LogP) is 0.776. The fourth-order valence-electron chi connectivity index (χ4n) is 2.30. The van der Waals surface area contributed by atoms with Crippen LogP contribution >= 0.6 is 0 Å². The smallest absolute Gasteiger partial charge is 0.239 e. The largest absolute Gasteiger partial charge is 0.494 e. The van der Waals surface area contributed by atoms with E-state index in [0.717, 1.165) is 0 Å². The van der Waals surface area contributed by atoms with Gasteiger partial charge in [-0.2, -0.15) is 0 Å². The third-order valence-corrected chi connectivity index (χ3v) is 3.50. The number of amides is 1. The number of benzene rings is 1. The topological polar surface area (TPSA) is 61.8 Å². The molecule has 0 spiro atoms. The molecule has 1 aliphatic heterocycles. The summed E-state index contributed by atoms with van der Waals surface area (Å²) < 4.78 is 18.2. The average Bonchev–Trinajstić information content (AvgIpc) is 2.91. The van der Waals surface area contributed by atoms with Crippen LogP contribution in [0.1, 0.15) is 12.8 Å². The fraction of sp³-hybridized carbons (Fsp3) is 0.533. The van der Waals surface area contributed by atoms with Gasteiger partial charge in [0.15, 0.2) is 0 Å². The molecule has 1 aromatic rings. The van der Waals surface area contributed by atoms with E-state index in [1.807, 2.05) is 0 Å². The second kappa shape index (κ2) is 7.38. The number of aliphatic hydroxyl groups is 1. The van der Waals surface area contributed by atoms with Crippen LogP contribution in [0.3, 0.4) is 0 Å². The average molecular weight is 296 g/mol. The van der Waals surface area contributed by atoms with E-state index in [9.17, 15) is 14.3 Å². The fourth-order valence-corrected chi connectivity index (χ4v) is 2.30. The predicted molar refractivity (Wildman–Crippen MR) is 76.6 cm³/mol. The van der Waals surface area contributed by atoms with Crippen molar-refractivity contribution < 1.29 is 19.0 Å². The molecule has 2 rings (SSSR count). The maximum absolute atomic E-state index is 12.7. The molecule has 1 fully saturated rings. The molecule has 2 atom stereocenters. The molecule has 21 heavy (non-hydrogen) atoms. The maximum atomic E-state index is 12.7. The van der Waals surface area contributed by atoms with Crippen LogP contribution < -0.4 is 10.1 Å². The Morgan fingerprint density at radius 2 is 2.19 bits per heavy atom. The second-order valence-electron chi connectivity index (χ2n) is 5.27. The zero-order chi connectivity index (χ0) is 15.2. The van der Waals surface area contributed by atoms with Gasteiger partial charge in [-0.1, -0.05) is 0 Å². The van der Waals surface area contributed by atoms with Crippen molar-refractivity contribution in [3.8, 4) is 5.75 Å². The molecule has 0 aromatic heterocycles. The minimum Gasteiger partial charge on any atom is -0.494 e. The molecule has 1 amide bonds. The molecular weight excluding hydrogens is 275 g/mol. The number of likely N-dealkylation sites (N-methyl/N-ethyl adjacent to an activating group) is 1. The molecule has 6 heteroatoms. The molecule has 0 unspecified atom stereocenters. The summed E-state index contributed by atoms with van der Waals surface area (Å²) in [6.45, 7) is 1.51. The minimum atomic E-state index is -0.436. The Labute approximate surface area is 123 Å². The lowest BCUT2D eigenvalue weighted by Gasteiger charge is -2.21. The second-order valence-corrected chi connectivity index (χ2v) is 5.27. The zero-order valence-corrected chi connectivity index (χ0v) is 12.1. The molecule has 5 nitrogen and oxygen atoms in total. The van der Waals surface area contributed by atoms with E-state index in [2.05, 4.69) is 5.32 Å². The van der Waals surface area contributed by atoms with Crippen molar-refractivity contribution in [1.29, 1.82) is 0 Å². The summed E-state index contributed by atoms with van der Waals surface area (Å²) >= 11 is 0. The Bertz CT molecular complexity index is 466. The number of carbonyl (C=O) groups is 1. The Hall–Kier alpha value is -1.66. The number of hydrogen-bond acceptors (Lipinski definition) is 4. The quantitative estimate of drug-likeness (QED) is 0.762. The molecule has 1 saturated heterocycles. The molecule has 1 heterocycles. The lowest BCUT2D eigenvalue weighted by Crippen LogP contribution is -2.42. The monoisotopic (exact) mass is 296 g/mol. The van der Waals surface area contributed by atoms with E-state index < -0.39 is 6.10 Å². The first kappa shape index (κ1) is 15.7. The number of nitrogens with zero attached hydrogens (tertiary/aromatic N) is 1. The molecule has 0 aliphatic carbocycles. The van der Waals surface area contributed by atoms with Crippen LogP contribution in [-0.4, -0.2) is 54.8 Å². The highest BCUT2D eigenvalue weighted by Crippen LogP contribution is 2.12. The number of rotatable bonds is 6. The summed E-state index contributed by atoms with van der Waals surface area (Å²) in [5, 5.41) is 12.4. The Morgan fingerprint density at radius 3 is 2.81 bits per heavy atom. The lowest BCUT2D eigenvalue weighted by molar-refractivity contribution is -0.132. The number of aliphatic hydroxyl groups excluding tert-OH is 1. The van der Waals surface area contributed by atoms with Gasteiger partial charge in [0.25, 0.3) is 0 Å². The first-order valence-corrected chi connectivity index (χ1v) is 7.11. The number of hydrogen-bond donors (Lipinski definition) is 2. The Kier molecular flexibility index (Phi) is 5.52. The summed E-state index contributed by atoms with van der Waals surface area (Å²) in [5.74, 6) is 0.318. The lowest BCUT2D eigenvalue weighted by atomic mass is 10.2. The summed E-state index contributed by atoms with van der Waals surface area (Å²) in [6.07, 6.45) is 0.721. The maximum Gasteiger partial charge on any atom is 0.239 e. The van der Waals surface area contributed by atoms with Gasteiger partial charge in [-0.05, 0) is 37.1 Å². The van der Waals surface area contributed by atoms with E-state index in [4.69, 9.17) is 4.74 Å². The highest BCUT2D eigenvalue weighted by Gasteiger charge is 2.29. The van der Waals surface area contributed by atoms with Gasteiger partial charge < -0.3 is 20.1 Å². The van der Waals surface area contributed by atoms with Gasteiger partial charge in [-0.3, -0.25) is 4.79 Å². The Balaban J connectivity index is 1.66. The number of carbonyl (C=O) groups excluding carboxylic acids is 1. The van der Waals surface area contributed by atoms with E-state index in [-0.39, 0.29) is 17.8 Å². The third kappa shape index (κ3) is 4.68. The van der Waals surface area contributed by atoms with Gasteiger partial charge >= 0.3 is 0 Å². The molecule has 2 N–H and O–H groups in total. The van der Waals surface area contributed by atoms with Crippen molar-refractivity contribution in [2.45, 2.75) is 25.0 Å². The van der Waals surface area contributed by atoms with Gasteiger partial charge in [0, 0.05) is 20.1 Å². The SMILES string of the molecule is CN(CCCOc1ccc(F)cc1)C(=O)[C@@H]1C[C@@H](O)CN1. The molecule has 1 aliphatic rings. The zero-order valence-electron chi connectivity index (χ0n) is 12.1. The minimum absolute atomic E-state index is 0.00617. The standard InChI is InChI=1S/C15H21FN2O3/c1-18(15(20)14-9-12(19)10-17-14)7-2-8-21-13-5-3-11(16)4-6-13/h3-6,12,14,17,19H,2,7-10H2,1H3/t12-,14+/m1/s1. The molecule has 0 radical (unpaired) electrons. The summed E-state index contributed by atoms with van der Waals surface area (Å²) in [6, 6.07) is 5.56. The first-order chi connectivity index (χ1) is 10.1. The number of ether oxygens (including phenoxy) is 1. The van der Waals surface area contributed by atoms with E-state index in [0.29, 0.717) is 38.3 Å². The molecule has 0 saturated carbocycles. The van der Waals surface area contributed by atoms with Crippen molar-refractivity contribution in [3.05, 3.63) is 30.1 Å².